The number of nitrogens with two attached hydrogens (primary N) is 1. The van der Waals surface area contributed by atoms with Crippen molar-refractivity contribution in [1.82, 2.24) is 4.90 Å². The van der Waals surface area contributed by atoms with E-state index in [1.165, 1.54) is 11.9 Å². The number of urea groups is 1. The SMILES string of the molecule is CN(CCC(=O)O)C(=O)Nc1cccc(N(CC(N)=O)Cc2ccccc2)c1. The Morgan fingerprint density at radius 3 is 2.43 bits per heavy atom. The molecule has 4 N–H and O–H groups in total. The molecule has 2 aromatic carbocycles. The molecule has 8 nitrogen and oxygen atoms in total. The van der Waals surface area contributed by atoms with Crippen LogP contribution in [0.3, 0.4) is 0 Å². The molecule has 0 fully saturated rings. The largest absolute Gasteiger partial charge is 0.481 e. The number of nitrogens with one attached hydrogen (secondary N) is 1. The lowest BCUT2D eigenvalue weighted by atomic mass is 10.2. The summed E-state index contributed by atoms with van der Waals surface area (Å²) in [6, 6.07) is 16.3. The van der Waals surface area contributed by atoms with Crippen molar-refractivity contribution in [3.05, 3.63) is 60.2 Å². The zero-order valence-corrected chi connectivity index (χ0v) is 15.7. The number of hydrogen-bond donors (Lipinski definition) is 3. The molecule has 148 valence electrons. The molecule has 0 aliphatic rings. The van der Waals surface area contributed by atoms with Gasteiger partial charge in [-0.3, -0.25) is 9.59 Å². The summed E-state index contributed by atoms with van der Waals surface area (Å²) in [4.78, 5) is 37.5. The fraction of sp³-hybridized carbons (Fsp3) is 0.250. The molecule has 0 unspecified atom stereocenters. The van der Waals surface area contributed by atoms with Gasteiger partial charge in [0.05, 0.1) is 13.0 Å². The number of amides is 3. The van der Waals surface area contributed by atoms with Crippen LogP contribution in [0.4, 0.5) is 16.2 Å². The quantitative estimate of drug-likeness (QED) is 0.612. The van der Waals surface area contributed by atoms with Crippen molar-refractivity contribution in [2.45, 2.75) is 13.0 Å². The molecule has 0 radical (unpaired) electrons. The van der Waals surface area contributed by atoms with E-state index in [0.29, 0.717) is 12.2 Å². The molecular formula is C20H24N4O4. The second-order valence-corrected chi connectivity index (χ2v) is 6.35. The van der Waals surface area contributed by atoms with Gasteiger partial charge in [0.1, 0.15) is 0 Å². The summed E-state index contributed by atoms with van der Waals surface area (Å²) < 4.78 is 0. The van der Waals surface area contributed by atoms with Crippen molar-refractivity contribution in [3.8, 4) is 0 Å². The third kappa shape index (κ3) is 6.64. The average Bonchev–Trinajstić information content (AvgIpc) is 2.66. The Hall–Kier alpha value is -3.55. The maximum Gasteiger partial charge on any atom is 0.321 e. The summed E-state index contributed by atoms with van der Waals surface area (Å²) >= 11 is 0. The van der Waals surface area contributed by atoms with Crippen LogP contribution < -0.4 is 16.0 Å². The van der Waals surface area contributed by atoms with E-state index >= 15 is 0 Å². The van der Waals surface area contributed by atoms with Crippen LogP contribution in [-0.2, 0) is 16.1 Å². The van der Waals surface area contributed by atoms with Gasteiger partial charge in [-0.15, -0.1) is 0 Å². The Balaban J connectivity index is 2.12. The van der Waals surface area contributed by atoms with Gasteiger partial charge in [-0.1, -0.05) is 36.4 Å². The van der Waals surface area contributed by atoms with Gasteiger partial charge in [-0.25, -0.2) is 4.79 Å². The molecule has 2 aromatic rings. The van der Waals surface area contributed by atoms with Crippen LogP contribution in [0.1, 0.15) is 12.0 Å². The Bertz CT molecular complexity index is 826. The molecule has 0 saturated carbocycles. The van der Waals surface area contributed by atoms with Crippen LogP contribution in [0.15, 0.2) is 54.6 Å². The summed E-state index contributed by atoms with van der Waals surface area (Å²) in [6.07, 6.45) is -0.132. The van der Waals surface area contributed by atoms with E-state index in [1.807, 2.05) is 41.3 Å². The Morgan fingerprint density at radius 2 is 1.79 bits per heavy atom. The molecule has 28 heavy (non-hydrogen) atoms. The van der Waals surface area contributed by atoms with E-state index in [1.54, 1.807) is 18.2 Å². The minimum atomic E-state index is -0.968. The minimum Gasteiger partial charge on any atom is -0.481 e. The third-order valence-electron chi connectivity index (χ3n) is 4.03. The second-order valence-electron chi connectivity index (χ2n) is 6.35. The van der Waals surface area contributed by atoms with Gasteiger partial charge in [-0.05, 0) is 23.8 Å². The van der Waals surface area contributed by atoms with Gasteiger partial charge in [0.25, 0.3) is 0 Å². The van der Waals surface area contributed by atoms with E-state index in [-0.39, 0.29) is 19.5 Å². The van der Waals surface area contributed by atoms with Crippen LogP contribution in [0.5, 0.6) is 0 Å². The first-order valence-electron chi connectivity index (χ1n) is 8.76. The number of rotatable bonds is 9. The molecule has 0 saturated heterocycles. The number of carbonyl (C=O) groups is 3. The smallest absolute Gasteiger partial charge is 0.321 e. The van der Waals surface area contributed by atoms with Gasteiger partial charge in [0.15, 0.2) is 0 Å². The highest BCUT2D eigenvalue weighted by molar-refractivity contribution is 5.90. The number of primary amides is 1. The Morgan fingerprint density at radius 1 is 1.07 bits per heavy atom. The fourth-order valence-corrected chi connectivity index (χ4v) is 2.59. The predicted octanol–water partition coefficient (Wildman–Crippen LogP) is 2.12. The van der Waals surface area contributed by atoms with Crippen molar-refractivity contribution < 1.29 is 19.5 Å². The monoisotopic (exact) mass is 384 g/mol. The van der Waals surface area contributed by atoms with Gasteiger partial charge in [-0.2, -0.15) is 0 Å². The van der Waals surface area contributed by atoms with Crippen molar-refractivity contribution in [1.29, 1.82) is 0 Å². The van der Waals surface area contributed by atoms with Crippen LogP contribution in [0.2, 0.25) is 0 Å². The number of carboxylic acids is 1. The predicted molar refractivity (Wildman–Crippen MR) is 107 cm³/mol. The Labute approximate surface area is 163 Å². The zero-order chi connectivity index (χ0) is 20.5. The van der Waals surface area contributed by atoms with E-state index in [9.17, 15) is 14.4 Å². The maximum atomic E-state index is 12.2. The molecular weight excluding hydrogens is 360 g/mol. The first-order valence-corrected chi connectivity index (χ1v) is 8.76. The molecule has 0 aliphatic heterocycles. The summed E-state index contributed by atoms with van der Waals surface area (Å²) in [7, 11) is 1.52. The van der Waals surface area contributed by atoms with Gasteiger partial charge < -0.3 is 26.0 Å². The van der Waals surface area contributed by atoms with Gasteiger partial charge >= 0.3 is 12.0 Å². The van der Waals surface area contributed by atoms with Crippen molar-refractivity contribution in [2.75, 3.05) is 30.4 Å². The highest BCUT2D eigenvalue weighted by Gasteiger charge is 2.13. The van der Waals surface area contributed by atoms with Crippen LogP contribution in [-0.4, -0.2) is 48.1 Å². The first-order chi connectivity index (χ1) is 13.3. The number of benzene rings is 2. The van der Waals surface area contributed by atoms with Crippen molar-refractivity contribution in [2.24, 2.45) is 5.73 Å². The average molecular weight is 384 g/mol. The number of hydrogen-bond acceptors (Lipinski definition) is 4. The minimum absolute atomic E-state index is 0.0325. The Kier molecular flexibility index (Phi) is 7.38. The highest BCUT2D eigenvalue weighted by atomic mass is 16.4. The standard InChI is InChI=1S/C20H24N4O4/c1-23(11-10-19(26)27)20(28)22-16-8-5-9-17(12-16)24(14-18(21)25)13-15-6-3-2-4-7-15/h2-9,12H,10-11,13-14H2,1H3,(H2,21,25)(H,22,28)(H,26,27). The lowest BCUT2D eigenvalue weighted by Gasteiger charge is -2.24. The summed E-state index contributed by atoms with van der Waals surface area (Å²) in [5.74, 6) is -1.43. The van der Waals surface area contributed by atoms with Crippen LogP contribution >= 0.6 is 0 Å². The zero-order valence-electron chi connectivity index (χ0n) is 15.7. The van der Waals surface area contributed by atoms with Crippen LogP contribution in [0.25, 0.3) is 0 Å². The molecule has 0 aliphatic carbocycles. The summed E-state index contributed by atoms with van der Waals surface area (Å²) in [5.41, 5.74) is 7.68. The third-order valence-corrected chi connectivity index (χ3v) is 4.03. The number of anilines is 2. The molecule has 3 amide bonds. The number of carboxylic acid groups (broad SMARTS) is 1. The molecule has 0 bridgehead atoms. The molecule has 0 spiro atoms. The lowest BCUT2D eigenvalue weighted by molar-refractivity contribution is -0.137. The number of nitrogens with zero attached hydrogens (tertiary/aromatic N) is 2. The van der Waals surface area contributed by atoms with Crippen molar-refractivity contribution >= 4 is 29.3 Å². The van der Waals surface area contributed by atoms with Gasteiger partial charge in [0.2, 0.25) is 5.91 Å². The topological polar surface area (TPSA) is 116 Å². The highest BCUT2D eigenvalue weighted by Crippen LogP contribution is 2.21. The number of carbonyl (C=O) groups excluding carboxylic acids is 2. The summed E-state index contributed by atoms with van der Waals surface area (Å²) in [5, 5.41) is 11.5. The molecule has 0 aromatic heterocycles. The van der Waals surface area contributed by atoms with E-state index < -0.39 is 17.9 Å². The van der Waals surface area contributed by atoms with E-state index in [4.69, 9.17) is 10.8 Å². The fourth-order valence-electron chi connectivity index (χ4n) is 2.59. The molecule has 0 atom stereocenters. The normalized spacial score (nSPS) is 10.2. The molecule has 0 heterocycles. The number of aliphatic carboxylic acids is 1. The first kappa shape index (κ1) is 20.8. The molecule has 8 heteroatoms. The summed E-state index contributed by atoms with van der Waals surface area (Å²) in [6.45, 7) is 0.618. The van der Waals surface area contributed by atoms with Gasteiger partial charge in [0, 0.05) is 31.5 Å². The lowest BCUT2D eigenvalue weighted by Crippen LogP contribution is -2.34. The van der Waals surface area contributed by atoms with Crippen LogP contribution in [0, 0.1) is 0 Å². The van der Waals surface area contributed by atoms with E-state index in [0.717, 1.165) is 11.3 Å². The van der Waals surface area contributed by atoms with E-state index in [2.05, 4.69) is 5.32 Å². The van der Waals surface area contributed by atoms with Crippen molar-refractivity contribution in [3.63, 3.8) is 0 Å². The second kappa shape index (κ2) is 9.96. The molecule has 2 rings (SSSR count). The maximum absolute atomic E-state index is 12.2.